The summed E-state index contributed by atoms with van der Waals surface area (Å²) in [5.41, 5.74) is 0.550. The quantitative estimate of drug-likeness (QED) is 0.737. The van der Waals surface area contributed by atoms with Crippen molar-refractivity contribution in [2.24, 2.45) is 0 Å². The molecule has 1 fully saturated rings. The molecule has 16 heavy (non-hydrogen) atoms. The second-order valence-electron chi connectivity index (χ2n) is 4.10. The highest BCUT2D eigenvalue weighted by molar-refractivity contribution is 5.94. The lowest BCUT2D eigenvalue weighted by Gasteiger charge is -2.34. The molecule has 0 saturated carbocycles. The molecule has 0 aliphatic carbocycles. The highest BCUT2D eigenvalue weighted by atomic mass is 16.3. The fourth-order valence-electron chi connectivity index (χ4n) is 1.95. The van der Waals surface area contributed by atoms with E-state index >= 15 is 0 Å². The average Bonchev–Trinajstić information content (AvgIpc) is 2.29. The molecular formula is C12H16N2O2. The van der Waals surface area contributed by atoms with Crippen LogP contribution in [0.25, 0.3) is 0 Å². The lowest BCUT2D eigenvalue weighted by atomic mass is 10.1. The van der Waals surface area contributed by atoms with E-state index in [-0.39, 0.29) is 17.7 Å². The Hall–Kier alpha value is -1.55. The van der Waals surface area contributed by atoms with Gasteiger partial charge in [-0.05, 0) is 25.1 Å². The zero-order valence-electron chi connectivity index (χ0n) is 9.31. The Balaban J connectivity index is 2.17. The first-order valence-electron chi connectivity index (χ1n) is 5.49. The minimum Gasteiger partial charge on any atom is -0.508 e. The first-order chi connectivity index (χ1) is 7.68. The molecule has 1 aliphatic heterocycles. The Morgan fingerprint density at radius 1 is 1.56 bits per heavy atom. The fraction of sp³-hybridized carbons (Fsp3) is 0.417. The number of hydrogen-bond donors (Lipinski definition) is 2. The number of nitrogens with one attached hydrogen (secondary N) is 1. The largest absolute Gasteiger partial charge is 0.508 e. The normalized spacial score (nSPS) is 20.8. The van der Waals surface area contributed by atoms with Gasteiger partial charge in [-0.2, -0.15) is 0 Å². The van der Waals surface area contributed by atoms with Crippen molar-refractivity contribution in [2.75, 3.05) is 19.6 Å². The Kier molecular flexibility index (Phi) is 3.10. The van der Waals surface area contributed by atoms with E-state index in [9.17, 15) is 9.90 Å². The predicted molar refractivity (Wildman–Crippen MR) is 61.5 cm³/mol. The van der Waals surface area contributed by atoms with Crippen LogP contribution in [0.3, 0.4) is 0 Å². The van der Waals surface area contributed by atoms with Gasteiger partial charge in [-0.1, -0.05) is 6.07 Å². The number of hydrogen-bond acceptors (Lipinski definition) is 3. The third kappa shape index (κ3) is 2.17. The van der Waals surface area contributed by atoms with Crippen LogP contribution in [0.4, 0.5) is 0 Å². The number of nitrogens with zero attached hydrogens (tertiary/aromatic N) is 1. The minimum atomic E-state index is -0.00935. The minimum absolute atomic E-state index is 0.00935. The van der Waals surface area contributed by atoms with Crippen molar-refractivity contribution in [3.8, 4) is 5.75 Å². The fourth-order valence-corrected chi connectivity index (χ4v) is 1.95. The van der Waals surface area contributed by atoms with E-state index in [0.717, 1.165) is 19.6 Å². The number of carbonyl (C=O) groups excluding carboxylic acids is 1. The van der Waals surface area contributed by atoms with Crippen LogP contribution in [0.5, 0.6) is 5.75 Å². The molecule has 1 aromatic carbocycles. The maximum Gasteiger partial charge on any atom is 0.254 e. The number of amides is 1. The molecule has 86 valence electrons. The van der Waals surface area contributed by atoms with Gasteiger partial charge in [-0.25, -0.2) is 0 Å². The van der Waals surface area contributed by atoms with Crippen LogP contribution in [0, 0.1) is 0 Å². The molecule has 4 heteroatoms. The molecule has 2 N–H and O–H groups in total. The summed E-state index contributed by atoms with van der Waals surface area (Å²) in [5.74, 6) is 0.124. The number of phenolic OH excluding ortho intramolecular Hbond substituents is 1. The van der Waals surface area contributed by atoms with Crippen LogP contribution in [0.1, 0.15) is 17.3 Å². The topological polar surface area (TPSA) is 52.6 Å². The van der Waals surface area contributed by atoms with Gasteiger partial charge >= 0.3 is 0 Å². The molecule has 0 aromatic heterocycles. The molecule has 1 aliphatic rings. The molecule has 1 aromatic rings. The van der Waals surface area contributed by atoms with Gasteiger partial charge in [0.05, 0.1) is 0 Å². The Morgan fingerprint density at radius 3 is 3.06 bits per heavy atom. The summed E-state index contributed by atoms with van der Waals surface area (Å²) in [6, 6.07) is 6.70. The number of aromatic hydroxyl groups is 1. The summed E-state index contributed by atoms with van der Waals surface area (Å²) in [6.07, 6.45) is 0. The van der Waals surface area contributed by atoms with Crippen LogP contribution in [-0.2, 0) is 0 Å². The maximum atomic E-state index is 12.1. The smallest absolute Gasteiger partial charge is 0.254 e. The average molecular weight is 220 g/mol. The standard InChI is InChI=1S/C12H16N2O2/c1-9-8-13-5-6-14(9)12(16)10-3-2-4-11(15)7-10/h2-4,7,9,13,15H,5-6,8H2,1H3/t9-/m1/s1. The molecule has 1 amide bonds. The molecular weight excluding hydrogens is 204 g/mol. The molecule has 1 saturated heterocycles. The van der Waals surface area contributed by atoms with E-state index < -0.39 is 0 Å². The monoisotopic (exact) mass is 220 g/mol. The number of benzene rings is 1. The summed E-state index contributed by atoms with van der Waals surface area (Å²) in [5, 5.41) is 12.6. The zero-order chi connectivity index (χ0) is 11.5. The first kappa shape index (κ1) is 11.0. The highest BCUT2D eigenvalue weighted by Gasteiger charge is 2.23. The summed E-state index contributed by atoms with van der Waals surface area (Å²) >= 11 is 0. The Bertz CT molecular complexity index is 392. The van der Waals surface area contributed by atoms with Crippen molar-refractivity contribution in [2.45, 2.75) is 13.0 Å². The maximum absolute atomic E-state index is 12.1. The van der Waals surface area contributed by atoms with Crippen molar-refractivity contribution in [1.29, 1.82) is 0 Å². The van der Waals surface area contributed by atoms with E-state index in [1.165, 1.54) is 6.07 Å². The van der Waals surface area contributed by atoms with Crippen LogP contribution >= 0.6 is 0 Å². The predicted octanol–water partition coefficient (Wildman–Crippen LogP) is 0.826. The van der Waals surface area contributed by atoms with E-state index in [2.05, 4.69) is 5.32 Å². The molecule has 2 rings (SSSR count). The molecule has 0 spiro atoms. The molecule has 1 atom stereocenters. The van der Waals surface area contributed by atoms with Crippen LogP contribution in [0.15, 0.2) is 24.3 Å². The van der Waals surface area contributed by atoms with Gasteiger partial charge in [0, 0.05) is 31.2 Å². The number of piperazine rings is 1. The van der Waals surface area contributed by atoms with Gasteiger partial charge < -0.3 is 15.3 Å². The Morgan fingerprint density at radius 2 is 2.38 bits per heavy atom. The van der Waals surface area contributed by atoms with Crippen molar-refractivity contribution in [3.05, 3.63) is 29.8 Å². The van der Waals surface area contributed by atoms with Gasteiger partial charge in [-0.15, -0.1) is 0 Å². The third-order valence-corrected chi connectivity index (χ3v) is 2.86. The van der Waals surface area contributed by atoms with E-state index in [1.54, 1.807) is 18.2 Å². The summed E-state index contributed by atoms with van der Waals surface area (Å²) in [7, 11) is 0. The second-order valence-corrected chi connectivity index (χ2v) is 4.10. The van der Waals surface area contributed by atoms with Gasteiger partial charge in [0.1, 0.15) is 5.75 Å². The lowest BCUT2D eigenvalue weighted by Crippen LogP contribution is -2.52. The third-order valence-electron chi connectivity index (χ3n) is 2.86. The number of carbonyl (C=O) groups is 1. The van der Waals surface area contributed by atoms with Crippen LogP contribution < -0.4 is 5.32 Å². The highest BCUT2D eigenvalue weighted by Crippen LogP contribution is 2.15. The summed E-state index contributed by atoms with van der Waals surface area (Å²) < 4.78 is 0. The molecule has 1 heterocycles. The molecule has 0 radical (unpaired) electrons. The van der Waals surface area contributed by atoms with Gasteiger partial charge in [0.15, 0.2) is 0 Å². The van der Waals surface area contributed by atoms with Crippen molar-refractivity contribution in [1.82, 2.24) is 10.2 Å². The second kappa shape index (κ2) is 4.53. The number of phenols is 1. The molecule has 0 unspecified atom stereocenters. The molecule has 4 nitrogen and oxygen atoms in total. The van der Waals surface area contributed by atoms with Crippen molar-refractivity contribution >= 4 is 5.91 Å². The lowest BCUT2D eigenvalue weighted by molar-refractivity contribution is 0.0655. The summed E-state index contributed by atoms with van der Waals surface area (Å²) in [6.45, 7) is 4.39. The van der Waals surface area contributed by atoms with E-state index in [0.29, 0.717) is 5.56 Å². The van der Waals surface area contributed by atoms with Gasteiger partial charge in [-0.3, -0.25) is 4.79 Å². The Labute approximate surface area is 94.9 Å². The van der Waals surface area contributed by atoms with E-state index in [4.69, 9.17) is 0 Å². The van der Waals surface area contributed by atoms with Crippen LogP contribution in [0.2, 0.25) is 0 Å². The molecule has 0 bridgehead atoms. The SMILES string of the molecule is C[C@@H]1CNCCN1C(=O)c1cccc(O)c1. The van der Waals surface area contributed by atoms with Crippen molar-refractivity contribution < 1.29 is 9.90 Å². The van der Waals surface area contributed by atoms with Gasteiger partial charge in [0.2, 0.25) is 0 Å². The first-order valence-corrected chi connectivity index (χ1v) is 5.49. The van der Waals surface area contributed by atoms with E-state index in [1.807, 2.05) is 11.8 Å². The van der Waals surface area contributed by atoms with Crippen LogP contribution in [-0.4, -0.2) is 41.6 Å². The van der Waals surface area contributed by atoms with Gasteiger partial charge in [0.25, 0.3) is 5.91 Å². The summed E-state index contributed by atoms with van der Waals surface area (Å²) in [4.78, 5) is 14.0. The zero-order valence-corrected chi connectivity index (χ0v) is 9.31. The van der Waals surface area contributed by atoms with Crippen molar-refractivity contribution in [3.63, 3.8) is 0 Å². The number of rotatable bonds is 1.